The highest BCUT2D eigenvalue weighted by Gasteiger charge is 2.06. The number of rotatable bonds is 6. The van der Waals surface area contributed by atoms with Gasteiger partial charge in [-0.3, -0.25) is 4.68 Å². The first-order valence-electron chi connectivity index (χ1n) is 6.82. The van der Waals surface area contributed by atoms with Crippen molar-refractivity contribution in [3.63, 3.8) is 0 Å². The van der Waals surface area contributed by atoms with Gasteiger partial charge in [-0.25, -0.2) is 0 Å². The summed E-state index contributed by atoms with van der Waals surface area (Å²) in [7, 11) is 4.10. The van der Waals surface area contributed by atoms with Gasteiger partial charge < -0.3 is 10.2 Å². The second kappa shape index (κ2) is 6.79. The molecule has 4 nitrogen and oxygen atoms in total. The molecule has 1 aromatic heterocycles. The Morgan fingerprint density at radius 2 is 2.15 bits per heavy atom. The topological polar surface area (TPSA) is 33.1 Å². The molecule has 0 amide bonds. The van der Waals surface area contributed by atoms with Gasteiger partial charge in [0.2, 0.25) is 0 Å². The van der Waals surface area contributed by atoms with Crippen LogP contribution in [0.15, 0.2) is 35.1 Å². The molecule has 5 heteroatoms. The minimum absolute atomic E-state index is 0.779. The van der Waals surface area contributed by atoms with E-state index >= 15 is 0 Å². The molecule has 0 aliphatic heterocycles. The molecule has 0 atom stereocenters. The van der Waals surface area contributed by atoms with Gasteiger partial charge in [0.15, 0.2) is 0 Å². The van der Waals surface area contributed by atoms with Crippen molar-refractivity contribution in [3.8, 4) is 0 Å². The Kier molecular flexibility index (Phi) is 5.06. The van der Waals surface area contributed by atoms with Crippen LogP contribution in [0.5, 0.6) is 0 Å². The normalized spacial score (nSPS) is 10.6. The van der Waals surface area contributed by atoms with Crippen molar-refractivity contribution in [2.24, 2.45) is 0 Å². The van der Waals surface area contributed by atoms with E-state index in [2.05, 4.69) is 62.6 Å². The molecule has 0 aliphatic rings. The van der Waals surface area contributed by atoms with Crippen LogP contribution in [-0.4, -0.2) is 23.9 Å². The first-order valence-corrected chi connectivity index (χ1v) is 7.61. The van der Waals surface area contributed by atoms with Crippen LogP contribution in [0.25, 0.3) is 0 Å². The molecule has 0 saturated heterocycles. The van der Waals surface area contributed by atoms with Gasteiger partial charge in [-0.1, -0.05) is 22.9 Å². The molecular formula is C15H21BrN4. The summed E-state index contributed by atoms with van der Waals surface area (Å²) in [5.41, 5.74) is 3.49. The Bertz CT molecular complexity index is 563. The van der Waals surface area contributed by atoms with Gasteiger partial charge in [0.1, 0.15) is 0 Å². The summed E-state index contributed by atoms with van der Waals surface area (Å²) in [5.74, 6) is 0. The highest BCUT2D eigenvalue weighted by Crippen LogP contribution is 2.28. The van der Waals surface area contributed by atoms with Gasteiger partial charge in [0, 0.05) is 43.4 Å². The molecule has 0 radical (unpaired) electrons. The molecule has 20 heavy (non-hydrogen) atoms. The lowest BCUT2D eigenvalue weighted by Crippen LogP contribution is -2.12. The average molecular weight is 337 g/mol. The molecule has 0 fully saturated rings. The molecule has 1 aromatic carbocycles. The van der Waals surface area contributed by atoms with Crippen molar-refractivity contribution >= 4 is 27.3 Å². The highest BCUT2D eigenvalue weighted by atomic mass is 79.9. The first-order chi connectivity index (χ1) is 9.60. The van der Waals surface area contributed by atoms with E-state index in [0.717, 1.165) is 29.7 Å². The Balaban J connectivity index is 2.07. The van der Waals surface area contributed by atoms with Crippen molar-refractivity contribution in [2.75, 3.05) is 24.3 Å². The van der Waals surface area contributed by atoms with E-state index in [4.69, 9.17) is 0 Å². The number of nitrogens with one attached hydrogen (secondary N) is 1. The fourth-order valence-corrected chi connectivity index (χ4v) is 2.45. The number of halogens is 1. The van der Waals surface area contributed by atoms with Crippen LogP contribution in [-0.2, 0) is 13.1 Å². The third kappa shape index (κ3) is 3.76. The van der Waals surface area contributed by atoms with Crippen LogP contribution in [0.4, 0.5) is 11.4 Å². The Hall–Kier alpha value is -1.49. The van der Waals surface area contributed by atoms with Crippen molar-refractivity contribution in [3.05, 3.63) is 40.6 Å². The quantitative estimate of drug-likeness (QED) is 0.872. The molecule has 108 valence electrons. The van der Waals surface area contributed by atoms with Gasteiger partial charge in [0.05, 0.1) is 17.6 Å². The van der Waals surface area contributed by atoms with E-state index in [0.29, 0.717) is 0 Å². The predicted molar refractivity (Wildman–Crippen MR) is 88.3 cm³/mol. The van der Waals surface area contributed by atoms with Gasteiger partial charge in [-0.2, -0.15) is 5.10 Å². The number of hydrogen-bond donors (Lipinski definition) is 1. The molecule has 0 bridgehead atoms. The van der Waals surface area contributed by atoms with E-state index < -0.39 is 0 Å². The van der Waals surface area contributed by atoms with Crippen LogP contribution >= 0.6 is 15.9 Å². The smallest absolute Gasteiger partial charge is 0.0597 e. The maximum atomic E-state index is 4.35. The number of benzene rings is 1. The minimum atomic E-state index is 0.779. The monoisotopic (exact) mass is 336 g/mol. The number of anilines is 2. The number of aromatic nitrogens is 2. The van der Waals surface area contributed by atoms with Crippen LogP contribution in [0.1, 0.15) is 18.9 Å². The van der Waals surface area contributed by atoms with Crippen molar-refractivity contribution in [1.82, 2.24) is 9.78 Å². The molecule has 0 saturated carbocycles. The zero-order valence-electron chi connectivity index (χ0n) is 12.2. The van der Waals surface area contributed by atoms with E-state index in [-0.39, 0.29) is 0 Å². The predicted octanol–water partition coefficient (Wildman–Crippen LogP) is 3.73. The van der Waals surface area contributed by atoms with Gasteiger partial charge >= 0.3 is 0 Å². The van der Waals surface area contributed by atoms with E-state index in [1.807, 2.05) is 25.0 Å². The SMILES string of the molecule is CCCn1cc(CNc2cc(Br)ccc2N(C)C)cn1. The fraction of sp³-hybridized carbons (Fsp3) is 0.400. The third-order valence-electron chi connectivity index (χ3n) is 3.06. The molecule has 1 heterocycles. The van der Waals surface area contributed by atoms with Gasteiger partial charge in [-0.15, -0.1) is 0 Å². The average Bonchev–Trinajstić information content (AvgIpc) is 2.84. The number of aryl methyl sites for hydroxylation is 1. The lowest BCUT2D eigenvalue weighted by Gasteiger charge is -2.18. The standard InChI is InChI=1S/C15H21BrN4/c1-4-7-20-11-12(10-18-20)9-17-14-8-13(16)5-6-15(14)19(2)3/h5-6,8,10-11,17H,4,7,9H2,1-3H3. The minimum Gasteiger partial charge on any atom is -0.379 e. The summed E-state index contributed by atoms with van der Waals surface area (Å²) in [6.07, 6.45) is 5.13. The van der Waals surface area contributed by atoms with Crippen molar-refractivity contribution in [2.45, 2.75) is 26.4 Å². The Morgan fingerprint density at radius 3 is 2.85 bits per heavy atom. The Labute approximate surface area is 128 Å². The van der Waals surface area contributed by atoms with Crippen LogP contribution in [0.3, 0.4) is 0 Å². The fourth-order valence-electron chi connectivity index (χ4n) is 2.09. The zero-order chi connectivity index (χ0) is 14.5. The summed E-state index contributed by atoms with van der Waals surface area (Å²) in [6, 6.07) is 6.26. The Morgan fingerprint density at radius 1 is 1.35 bits per heavy atom. The summed E-state index contributed by atoms with van der Waals surface area (Å²) in [5, 5.41) is 7.83. The molecule has 2 rings (SSSR count). The van der Waals surface area contributed by atoms with Crippen molar-refractivity contribution in [1.29, 1.82) is 0 Å². The molecule has 0 aliphatic carbocycles. The lowest BCUT2D eigenvalue weighted by atomic mass is 10.2. The van der Waals surface area contributed by atoms with E-state index in [9.17, 15) is 0 Å². The molecule has 0 spiro atoms. The number of nitrogens with zero attached hydrogens (tertiary/aromatic N) is 3. The summed E-state index contributed by atoms with van der Waals surface area (Å²) in [6.45, 7) is 3.91. The number of hydrogen-bond acceptors (Lipinski definition) is 3. The molecule has 2 aromatic rings. The van der Waals surface area contributed by atoms with Crippen LogP contribution in [0, 0.1) is 0 Å². The summed E-state index contributed by atoms with van der Waals surface area (Å²) in [4.78, 5) is 2.11. The highest BCUT2D eigenvalue weighted by molar-refractivity contribution is 9.10. The maximum absolute atomic E-state index is 4.35. The van der Waals surface area contributed by atoms with Gasteiger partial charge in [0.25, 0.3) is 0 Å². The largest absolute Gasteiger partial charge is 0.379 e. The van der Waals surface area contributed by atoms with Crippen LogP contribution in [0.2, 0.25) is 0 Å². The van der Waals surface area contributed by atoms with Gasteiger partial charge in [-0.05, 0) is 24.6 Å². The van der Waals surface area contributed by atoms with E-state index in [1.54, 1.807) is 0 Å². The zero-order valence-corrected chi connectivity index (χ0v) is 13.8. The maximum Gasteiger partial charge on any atom is 0.0597 e. The lowest BCUT2D eigenvalue weighted by molar-refractivity contribution is 0.602. The van der Waals surface area contributed by atoms with Crippen LogP contribution < -0.4 is 10.2 Å². The van der Waals surface area contributed by atoms with Crippen molar-refractivity contribution < 1.29 is 0 Å². The molecule has 0 unspecified atom stereocenters. The molecule has 1 N–H and O–H groups in total. The van der Waals surface area contributed by atoms with E-state index in [1.165, 1.54) is 11.3 Å². The second-order valence-electron chi connectivity index (χ2n) is 5.02. The summed E-state index contributed by atoms with van der Waals surface area (Å²) < 4.78 is 3.07. The third-order valence-corrected chi connectivity index (χ3v) is 3.56. The second-order valence-corrected chi connectivity index (χ2v) is 5.94. The first kappa shape index (κ1) is 14.9. The molecular weight excluding hydrogens is 316 g/mol. The summed E-state index contributed by atoms with van der Waals surface area (Å²) >= 11 is 3.52.